The number of carbonyl (C=O) groups is 1. The average molecular weight is 325 g/mol. The highest BCUT2D eigenvalue weighted by molar-refractivity contribution is 6.33. The SMILES string of the molecule is Cl.NCC1(NC(=O)c2cc(F)c(F)cc2Cl)CCCC1. The monoisotopic (exact) mass is 324 g/mol. The van der Waals surface area contributed by atoms with Crippen molar-refractivity contribution in [1.29, 1.82) is 0 Å². The van der Waals surface area contributed by atoms with E-state index in [1.807, 2.05) is 0 Å². The van der Waals surface area contributed by atoms with Crippen LogP contribution in [0, 0.1) is 11.6 Å². The van der Waals surface area contributed by atoms with Crippen LogP contribution in [0.3, 0.4) is 0 Å². The highest BCUT2D eigenvalue weighted by atomic mass is 35.5. The molecule has 1 amide bonds. The van der Waals surface area contributed by atoms with Crippen LogP contribution in [0.15, 0.2) is 12.1 Å². The second-order valence-electron chi connectivity index (χ2n) is 4.89. The van der Waals surface area contributed by atoms with Crippen LogP contribution in [0.2, 0.25) is 5.02 Å². The molecule has 1 aliphatic rings. The first-order valence-electron chi connectivity index (χ1n) is 6.14. The average Bonchev–Trinajstić information content (AvgIpc) is 2.83. The van der Waals surface area contributed by atoms with E-state index in [-0.39, 0.29) is 23.0 Å². The predicted octanol–water partition coefficient (Wildman–Crippen LogP) is 3.04. The maximum atomic E-state index is 13.2. The van der Waals surface area contributed by atoms with E-state index in [2.05, 4.69) is 5.32 Å². The van der Waals surface area contributed by atoms with Gasteiger partial charge in [-0.15, -0.1) is 12.4 Å². The van der Waals surface area contributed by atoms with Gasteiger partial charge in [0.25, 0.3) is 5.91 Å². The number of hydrogen-bond acceptors (Lipinski definition) is 2. The van der Waals surface area contributed by atoms with Gasteiger partial charge in [0.1, 0.15) is 0 Å². The fourth-order valence-electron chi connectivity index (χ4n) is 2.44. The second-order valence-corrected chi connectivity index (χ2v) is 5.30. The molecule has 0 saturated heterocycles. The molecule has 3 nitrogen and oxygen atoms in total. The van der Waals surface area contributed by atoms with E-state index in [4.69, 9.17) is 17.3 Å². The third kappa shape index (κ3) is 3.40. The summed E-state index contributed by atoms with van der Waals surface area (Å²) in [6.07, 6.45) is 3.55. The van der Waals surface area contributed by atoms with Gasteiger partial charge < -0.3 is 11.1 Å². The third-order valence-corrected chi connectivity index (χ3v) is 3.90. The zero-order chi connectivity index (χ0) is 14.0. The van der Waals surface area contributed by atoms with Crippen molar-refractivity contribution >= 4 is 29.9 Å². The summed E-state index contributed by atoms with van der Waals surface area (Å²) >= 11 is 5.77. The minimum absolute atomic E-state index is 0. The molecule has 0 spiro atoms. The van der Waals surface area contributed by atoms with Gasteiger partial charge in [-0.05, 0) is 25.0 Å². The molecular weight excluding hydrogens is 309 g/mol. The topological polar surface area (TPSA) is 55.1 Å². The fraction of sp³-hybridized carbons (Fsp3) is 0.462. The van der Waals surface area contributed by atoms with Gasteiger partial charge in [-0.2, -0.15) is 0 Å². The Morgan fingerprint density at radius 2 is 1.85 bits per heavy atom. The number of amides is 1. The molecule has 0 aromatic heterocycles. The van der Waals surface area contributed by atoms with Crippen LogP contribution in [0.25, 0.3) is 0 Å². The highest BCUT2D eigenvalue weighted by Gasteiger charge is 2.34. The predicted molar refractivity (Wildman–Crippen MR) is 76.3 cm³/mol. The number of nitrogens with two attached hydrogens (primary N) is 1. The van der Waals surface area contributed by atoms with Crippen molar-refractivity contribution in [3.8, 4) is 0 Å². The van der Waals surface area contributed by atoms with Gasteiger partial charge in [0.2, 0.25) is 0 Å². The van der Waals surface area contributed by atoms with Crippen LogP contribution >= 0.6 is 24.0 Å². The van der Waals surface area contributed by atoms with Crippen LogP contribution in [0.4, 0.5) is 8.78 Å². The first-order valence-corrected chi connectivity index (χ1v) is 6.52. The molecule has 0 bridgehead atoms. The van der Waals surface area contributed by atoms with Crippen LogP contribution < -0.4 is 11.1 Å². The summed E-state index contributed by atoms with van der Waals surface area (Å²) in [5, 5.41) is 2.70. The fourth-order valence-corrected chi connectivity index (χ4v) is 2.67. The number of halogens is 4. The Labute approximate surface area is 127 Å². The van der Waals surface area contributed by atoms with E-state index in [0.29, 0.717) is 6.54 Å². The van der Waals surface area contributed by atoms with Crippen molar-refractivity contribution in [2.75, 3.05) is 6.54 Å². The quantitative estimate of drug-likeness (QED) is 0.839. The number of carbonyl (C=O) groups excluding carboxylic acids is 1. The van der Waals surface area contributed by atoms with E-state index in [9.17, 15) is 13.6 Å². The highest BCUT2D eigenvalue weighted by Crippen LogP contribution is 2.29. The molecule has 0 heterocycles. The van der Waals surface area contributed by atoms with E-state index in [1.165, 1.54) is 0 Å². The lowest BCUT2D eigenvalue weighted by atomic mass is 9.97. The smallest absolute Gasteiger partial charge is 0.253 e. The maximum Gasteiger partial charge on any atom is 0.253 e. The molecule has 0 radical (unpaired) electrons. The lowest BCUT2D eigenvalue weighted by molar-refractivity contribution is 0.0902. The second kappa shape index (κ2) is 6.70. The van der Waals surface area contributed by atoms with Crippen molar-refractivity contribution in [3.05, 3.63) is 34.4 Å². The van der Waals surface area contributed by atoms with Gasteiger partial charge in [0.05, 0.1) is 16.1 Å². The molecule has 7 heteroatoms. The minimum atomic E-state index is -1.09. The molecule has 2 rings (SSSR count). The summed E-state index contributed by atoms with van der Waals surface area (Å²) in [6, 6.07) is 1.61. The summed E-state index contributed by atoms with van der Waals surface area (Å²) < 4.78 is 26.1. The third-order valence-electron chi connectivity index (χ3n) is 3.58. The molecule has 1 saturated carbocycles. The first-order chi connectivity index (χ1) is 8.97. The van der Waals surface area contributed by atoms with Gasteiger partial charge in [0.15, 0.2) is 11.6 Å². The lowest BCUT2D eigenvalue weighted by Crippen LogP contribution is -2.51. The summed E-state index contributed by atoms with van der Waals surface area (Å²) in [5.41, 5.74) is 5.18. The number of benzene rings is 1. The zero-order valence-electron chi connectivity index (χ0n) is 10.7. The molecule has 1 aromatic rings. The summed E-state index contributed by atoms with van der Waals surface area (Å²) in [7, 11) is 0. The zero-order valence-corrected chi connectivity index (χ0v) is 12.3. The Morgan fingerprint density at radius 3 is 2.40 bits per heavy atom. The summed E-state index contributed by atoms with van der Waals surface area (Å²) in [5.74, 6) is -2.69. The van der Waals surface area contributed by atoms with E-state index >= 15 is 0 Å². The molecule has 0 atom stereocenters. The van der Waals surface area contributed by atoms with Gasteiger partial charge in [-0.3, -0.25) is 4.79 Å². The largest absolute Gasteiger partial charge is 0.345 e. The number of hydrogen-bond donors (Lipinski definition) is 2. The van der Waals surface area contributed by atoms with Crippen LogP contribution in [-0.2, 0) is 0 Å². The molecular formula is C13H16Cl2F2N2O. The first kappa shape index (κ1) is 17.1. The molecule has 0 aliphatic heterocycles. The van der Waals surface area contributed by atoms with Gasteiger partial charge in [0, 0.05) is 6.54 Å². The van der Waals surface area contributed by atoms with Crippen molar-refractivity contribution in [3.63, 3.8) is 0 Å². The molecule has 20 heavy (non-hydrogen) atoms. The Hall–Kier alpha value is -0.910. The van der Waals surface area contributed by atoms with Crippen LogP contribution in [0.1, 0.15) is 36.0 Å². The Morgan fingerprint density at radius 1 is 1.30 bits per heavy atom. The van der Waals surface area contributed by atoms with E-state index in [1.54, 1.807) is 0 Å². The normalized spacial score (nSPS) is 16.6. The van der Waals surface area contributed by atoms with Crippen molar-refractivity contribution < 1.29 is 13.6 Å². The van der Waals surface area contributed by atoms with Gasteiger partial charge in [-0.1, -0.05) is 24.4 Å². The van der Waals surface area contributed by atoms with Crippen molar-refractivity contribution in [2.45, 2.75) is 31.2 Å². The van der Waals surface area contributed by atoms with Crippen molar-refractivity contribution in [2.24, 2.45) is 5.73 Å². The van der Waals surface area contributed by atoms with Crippen LogP contribution in [-0.4, -0.2) is 18.0 Å². The molecule has 0 unspecified atom stereocenters. The number of nitrogens with one attached hydrogen (secondary N) is 1. The maximum absolute atomic E-state index is 13.2. The molecule has 112 valence electrons. The Balaban J connectivity index is 0.00000200. The van der Waals surface area contributed by atoms with E-state index in [0.717, 1.165) is 37.8 Å². The molecule has 1 aromatic carbocycles. The lowest BCUT2D eigenvalue weighted by Gasteiger charge is -2.28. The molecule has 3 N–H and O–H groups in total. The van der Waals surface area contributed by atoms with Gasteiger partial charge >= 0.3 is 0 Å². The summed E-state index contributed by atoms with van der Waals surface area (Å²) in [6.45, 7) is 0.319. The van der Waals surface area contributed by atoms with Crippen molar-refractivity contribution in [1.82, 2.24) is 5.32 Å². The number of rotatable bonds is 3. The Bertz CT molecular complexity index is 505. The van der Waals surface area contributed by atoms with Gasteiger partial charge in [-0.25, -0.2) is 8.78 Å². The Kier molecular flexibility index (Phi) is 5.74. The van der Waals surface area contributed by atoms with Crippen LogP contribution in [0.5, 0.6) is 0 Å². The molecule has 1 fully saturated rings. The minimum Gasteiger partial charge on any atom is -0.345 e. The van der Waals surface area contributed by atoms with E-state index < -0.39 is 23.1 Å². The molecule has 1 aliphatic carbocycles. The standard InChI is InChI=1S/C13H15ClF2N2O.ClH/c14-9-6-11(16)10(15)5-8(9)12(19)18-13(7-17)3-1-2-4-13;/h5-6H,1-4,7,17H2,(H,18,19);1H. The summed E-state index contributed by atoms with van der Waals surface area (Å²) in [4.78, 5) is 12.1.